The Balaban J connectivity index is 1.31. The molecule has 33 heavy (non-hydrogen) atoms. The van der Waals surface area contributed by atoms with Gasteiger partial charge in [-0.2, -0.15) is 4.98 Å². The zero-order chi connectivity index (χ0) is 23.4. The van der Waals surface area contributed by atoms with Crippen LogP contribution >= 0.6 is 12.2 Å². The van der Waals surface area contributed by atoms with Crippen molar-refractivity contribution in [3.05, 3.63) is 41.1 Å². The number of para-hydroxylation sites is 1. The van der Waals surface area contributed by atoms with E-state index in [-0.39, 0.29) is 0 Å². The van der Waals surface area contributed by atoms with Crippen molar-refractivity contribution in [3.8, 4) is 0 Å². The minimum absolute atomic E-state index is 0.399. The largest absolute Gasteiger partial charge is 0.362 e. The highest BCUT2D eigenvalue weighted by atomic mass is 32.1. The van der Waals surface area contributed by atoms with Gasteiger partial charge in [-0.3, -0.25) is 0 Å². The lowest BCUT2D eigenvalue weighted by molar-refractivity contribution is 0.387. The Kier molecular flexibility index (Phi) is 7.68. The summed E-state index contributed by atoms with van der Waals surface area (Å²) in [6.07, 6.45) is 8.95. The van der Waals surface area contributed by atoms with Gasteiger partial charge in [0.05, 0.1) is 5.69 Å². The Morgan fingerprint density at radius 2 is 1.70 bits per heavy atom. The zero-order valence-corrected chi connectivity index (χ0v) is 21.3. The van der Waals surface area contributed by atoms with Crippen molar-refractivity contribution in [2.45, 2.75) is 83.2 Å². The first kappa shape index (κ1) is 23.7. The van der Waals surface area contributed by atoms with Gasteiger partial charge in [-0.25, -0.2) is 4.98 Å². The van der Waals surface area contributed by atoms with Crippen LogP contribution in [-0.2, 0) is 12.8 Å². The number of benzene rings is 1. The van der Waals surface area contributed by atoms with Gasteiger partial charge < -0.3 is 20.9 Å². The van der Waals surface area contributed by atoms with Gasteiger partial charge in [0.25, 0.3) is 0 Å². The first-order valence-electron chi connectivity index (χ1n) is 12.4. The Labute approximate surface area is 204 Å². The zero-order valence-electron chi connectivity index (χ0n) is 20.4. The van der Waals surface area contributed by atoms with Gasteiger partial charge in [-0.05, 0) is 81.1 Å². The summed E-state index contributed by atoms with van der Waals surface area (Å²) in [4.78, 5) is 11.9. The Bertz CT molecular complexity index is 965. The van der Waals surface area contributed by atoms with Crippen molar-refractivity contribution in [2.24, 2.45) is 0 Å². The molecule has 0 spiro atoms. The summed E-state index contributed by atoms with van der Waals surface area (Å²) in [5, 5.41) is 11.3. The molecule has 178 valence electrons. The quantitative estimate of drug-likeness (QED) is 0.502. The second-order valence-electron chi connectivity index (χ2n) is 9.93. The highest BCUT2D eigenvalue weighted by molar-refractivity contribution is 7.80. The molecule has 0 aliphatic heterocycles. The highest BCUT2D eigenvalue weighted by Crippen LogP contribution is 2.29. The van der Waals surface area contributed by atoms with E-state index in [9.17, 15) is 0 Å². The van der Waals surface area contributed by atoms with Crippen LogP contribution in [0.4, 0.5) is 17.5 Å². The van der Waals surface area contributed by atoms with E-state index in [1.54, 1.807) is 0 Å². The van der Waals surface area contributed by atoms with Crippen LogP contribution in [0.15, 0.2) is 24.3 Å². The molecule has 0 bridgehead atoms. The number of hydrogen-bond donors (Lipinski definition) is 3. The molecule has 2 aliphatic carbocycles. The number of fused-ring (bicyclic) bond motifs is 1. The first-order valence-corrected chi connectivity index (χ1v) is 12.8. The van der Waals surface area contributed by atoms with Crippen LogP contribution in [0.5, 0.6) is 0 Å². The summed E-state index contributed by atoms with van der Waals surface area (Å²) in [6, 6.07) is 9.21. The Morgan fingerprint density at radius 3 is 2.42 bits per heavy atom. The predicted octanol–water partition coefficient (Wildman–Crippen LogP) is 5.25. The fourth-order valence-electron chi connectivity index (χ4n) is 5.03. The van der Waals surface area contributed by atoms with Crippen LogP contribution in [0.1, 0.15) is 75.1 Å². The molecule has 0 radical (unpaired) electrons. The van der Waals surface area contributed by atoms with E-state index < -0.39 is 0 Å². The lowest BCUT2D eigenvalue weighted by Crippen LogP contribution is -2.42. The molecule has 1 aromatic heterocycles. The molecule has 0 amide bonds. The van der Waals surface area contributed by atoms with Crippen LogP contribution in [0.2, 0.25) is 0 Å². The predicted molar refractivity (Wildman–Crippen MR) is 143 cm³/mol. The van der Waals surface area contributed by atoms with Crippen molar-refractivity contribution < 1.29 is 0 Å². The topological polar surface area (TPSA) is 65.1 Å². The number of nitrogens with zero attached hydrogens (tertiary/aromatic N) is 3. The van der Waals surface area contributed by atoms with Crippen molar-refractivity contribution >= 4 is 34.8 Å². The Hall–Kier alpha value is -2.41. The third-order valence-electron chi connectivity index (χ3n) is 6.81. The van der Waals surface area contributed by atoms with Crippen LogP contribution in [0, 0.1) is 0 Å². The average molecular weight is 467 g/mol. The molecule has 1 fully saturated rings. The molecule has 0 saturated heterocycles. The number of aromatic nitrogens is 2. The van der Waals surface area contributed by atoms with Crippen LogP contribution in [-0.4, -0.2) is 41.3 Å². The standard InChI is InChI=1S/C26H38N6S/c1-17(2)20-9-5-7-11-22(20)30-26(33)28-19-15-13-18(14-16-19)27-25-29-23-12-8-6-10-21(23)24(31-25)32(3)4/h5,7,9,11,17-19H,6,8,10,12-16H2,1-4H3,(H,27,29,31)(H2,28,30,33)/t18-,19+. The maximum absolute atomic E-state index is 5.63. The number of hydrogen-bond acceptors (Lipinski definition) is 5. The van der Waals surface area contributed by atoms with Crippen molar-refractivity contribution in [2.75, 3.05) is 29.6 Å². The normalized spacial score (nSPS) is 20.2. The average Bonchev–Trinajstić information content (AvgIpc) is 2.80. The van der Waals surface area contributed by atoms with Crippen molar-refractivity contribution in [3.63, 3.8) is 0 Å². The molecule has 2 aliphatic rings. The molecule has 0 atom stereocenters. The molecular formula is C26H38N6S. The van der Waals surface area contributed by atoms with Crippen molar-refractivity contribution in [1.82, 2.24) is 15.3 Å². The van der Waals surface area contributed by atoms with Gasteiger partial charge in [0, 0.05) is 37.4 Å². The van der Waals surface area contributed by atoms with Gasteiger partial charge in [0.1, 0.15) is 5.82 Å². The highest BCUT2D eigenvalue weighted by Gasteiger charge is 2.24. The third-order valence-corrected chi connectivity index (χ3v) is 7.03. The summed E-state index contributed by atoms with van der Waals surface area (Å²) in [7, 11) is 4.16. The number of thiocarbonyl (C=S) groups is 1. The maximum Gasteiger partial charge on any atom is 0.225 e. The van der Waals surface area contributed by atoms with Gasteiger partial charge in [-0.15, -0.1) is 0 Å². The van der Waals surface area contributed by atoms with E-state index in [1.807, 2.05) is 0 Å². The molecule has 6 nitrogen and oxygen atoms in total. The third kappa shape index (κ3) is 5.94. The minimum Gasteiger partial charge on any atom is -0.362 e. The molecule has 7 heteroatoms. The molecular weight excluding hydrogens is 428 g/mol. The summed E-state index contributed by atoms with van der Waals surface area (Å²) in [6.45, 7) is 4.41. The molecule has 1 heterocycles. The van der Waals surface area contributed by atoms with E-state index in [1.165, 1.54) is 29.7 Å². The Morgan fingerprint density at radius 1 is 1.00 bits per heavy atom. The monoisotopic (exact) mass is 466 g/mol. The fourth-order valence-corrected chi connectivity index (χ4v) is 5.31. The fraction of sp³-hybridized carbons (Fsp3) is 0.577. The lowest BCUT2D eigenvalue weighted by Gasteiger charge is -2.31. The summed E-state index contributed by atoms with van der Waals surface area (Å²) in [5.41, 5.74) is 4.96. The first-order chi connectivity index (χ1) is 15.9. The summed E-state index contributed by atoms with van der Waals surface area (Å²) in [5.74, 6) is 2.32. The number of nitrogens with one attached hydrogen (secondary N) is 3. The van der Waals surface area contributed by atoms with E-state index in [0.717, 1.165) is 56.0 Å². The number of aryl methyl sites for hydroxylation is 1. The molecule has 1 aromatic carbocycles. The van der Waals surface area contributed by atoms with Gasteiger partial charge >= 0.3 is 0 Å². The number of anilines is 3. The van der Waals surface area contributed by atoms with Crippen LogP contribution in [0.3, 0.4) is 0 Å². The van der Waals surface area contributed by atoms with Gasteiger partial charge in [0.2, 0.25) is 5.95 Å². The van der Waals surface area contributed by atoms with Crippen LogP contribution in [0.25, 0.3) is 0 Å². The van der Waals surface area contributed by atoms with Crippen molar-refractivity contribution in [1.29, 1.82) is 0 Å². The molecule has 0 unspecified atom stereocenters. The van der Waals surface area contributed by atoms with E-state index >= 15 is 0 Å². The summed E-state index contributed by atoms with van der Waals surface area (Å²) < 4.78 is 0. The van der Waals surface area contributed by atoms with E-state index in [2.05, 4.69) is 73.1 Å². The second-order valence-corrected chi connectivity index (χ2v) is 10.3. The molecule has 4 rings (SSSR count). The summed E-state index contributed by atoms with van der Waals surface area (Å²) >= 11 is 5.63. The molecule has 3 N–H and O–H groups in total. The lowest BCUT2D eigenvalue weighted by atomic mass is 9.91. The molecule has 2 aromatic rings. The minimum atomic E-state index is 0.399. The number of rotatable bonds is 6. The van der Waals surface area contributed by atoms with Gasteiger partial charge in [-0.1, -0.05) is 32.0 Å². The smallest absolute Gasteiger partial charge is 0.225 e. The van der Waals surface area contributed by atoms with Crippen LogP contribution < -0.4 is 20.9 Å². The van der Waals surface area contributed by atoms with E-state index in [4.69, 9.17) is 22.2 Å². The van der Waals surface area contributed by atoms with Gasteiger partial charge in [0.15, 0.2) is 5.11 Å². The van der Waals surface area contributed by atoms with E-state index in [0.29, 0.717) is 23.1 Å². The maximum atomic E-state index is 5.63. The molecule has 1 saturated carbocycles. The SMILES string of the molecule is CC(C)c1ccccc1NC(=S)N[C@H]1CC[C@@H](Nc2nc3c(c(N(C)C)n2)CCCC3)CC1. The second kappa shape index (κ2) is 10.7.